The van der Waals surface area contributed by atoms with Crippen molar-refractivity contribution in [3.63, 3.8) is 0 Å². The second-order valence-electron chi connectivity index (χ2n) is 7.41. The highest BCUT2D eigenvalue weighted by atomic mass is 32.2. The van der Waals surface area contributed by atoms with Crippen LogP contribution in [0.1, 0.15) is 17.5 Å². The van der Waals surface area contributed by atoms with E-state index in [1.165, 1.54) is 10.4 Å². The maximum atomic E-state index is 13.2. The summed E-state index contributed by atoms with van der Waals surface area (Å²) >= 11 is 0. The summed E-state index contributed by atoms with van der Waals surface area (Å²) in [7, 11) is -1.97. The van der Waals surface area contributed by atoms with Gasteiger partial charge in [0.15, 0.2) is 0 Å². The van der Waals surface area contributed by atoms with Gasteiger partial charge in [-0.25, -0.2) is 8.42 Å². The summed E-state index contributed by atoms with van der Waals surface area (Å²) in [6.07, 6.45) is 2.44. The van der Waals surface area contributed by atoms with Crippen molar-refractivity contribution >= 4 is 21.8 Å². The number of ether oxygens (including phenoxy) is 2. The van der Waals surface area contributed by atoms with Crippen molar-refractivity contribution in [1.29, 1.82) is 0 Å². The van der Waals surface area contributed by atoms with E-state index in [2.05, 4.69) is 9.64 Å². The van der Waals surface area contributed by atoms with Gasteiger partial charge in [-0.1, -0.05) is 18.2 Å². The Hall–Kier alpha value is -2.65. The Morgan fingerprint density at radius 1 is 1.00 bits per heavy atom. The average Bonchev–Trinajstić information content (AvgIpc) is 2.78. The number of methoxy groups -OCH3 is 1. The Kier molecular flexibility index (Phi) is 6.15. The number of hydrogen-bond donors (Lipinski definition) is 0. The van der Waals surface area contributed by atoms with Crippen LogP contribution in [-0.2, 0) is 16.4 Å². The molecule has 1 aliphatic carbocycles. The molecule has 4 rings (SSSR count). The van der Waals surface area contributed by atoms with Gasteiger partial charge in [-0.05, 0) is 54.3 Å². The normalized spacial score (nSPS) is 17.3. The largest absolute Gasteiger partial charge is 0.495 e. The minimum Gasteiger partial charge on any atom is -0.495 e. The zero-order chi connectivity index (χ0) is 22.0. The maximum absolute atomic E-state index is 13.2. The molecular formula is C22H24F2N2O4S. The molecule has 1 heterocycles. The van der Waals surface area contributed by atoms with Gasteiger partial charge in [0, 0.05) is 26.2 Å². The molecule has 0 aromatic heterocycles. The molecule has 0 amide bonds. The monoisotopic (exact) mass is 450 g/mol. The third-order valence-electron chi connectivity index (χ3n) is 5.63. The SMILES string of the molecule is COc1ccccc1N1CCN(S(=O)(=O)C2=Cc3ccc(OC(F)F)cc3CC2)CC1. The lowest BCUT2D eigenvalue weighted by atomic mass is 9.97. The highest BCUT2D eigenvalue weighted by Crippen LogP contribution is 2.33. The lowest BCUT2D eigenvalue weighted by Gasteiger charge is -2.36. The molecule has 0 atom stereocenters. The van der Waals surface area contributed by atoms with Crippen LogP contribution in [0.5, 0.6) is 11.5 Å². The van der Waals surface area contributed by atoms with E-state index in [1.54, 1.807) is 25.3 Å². The van der Waals surface area contributed by atoms with Crippen LogP contribution >= 0.6 is 0 Å². The van der Waals surface area contributed by atoms with Crippen LogP contribution in [0.25, 0.3) is 6.08 Å². The Balaban J connectivity index is 1.48. The van der Waals surface area contributed by atoms with Gasteiger partial charge in [0.2, 0.25) is 10.0 Å². The van der Waals surface area contributed by atoms with E-state index >= 15 is 0 Å². The van der Waals surface area contributed by atoms with Gasteiger partial charge < -0.3 is 14.4 Å². The van der Waals surface area contributed by atoms with E-state index in [0.717, 1.165) is 22.6 Å². The van der Waals surface area contributed by atoms with E-state index in [1.807, 2.05) is 24.3 Å². The molecule has 0 N–H and O–H groups in total. The number of piperazine rings is 1. The molecule has 0 radical (unpaired) electrons. The van der Waals surface area contributed by atoms with Crippen molar-refractivity contribution in [3.8, 4) is 11.5 Å². The topological polar surface area (TPSA) is 59.1 Å². The van der Waals surface area contributed by atoms with Crippen molar-refractivity contribution in [1.82, 2.24) is 4.31 Å². The Bertz CT molecular complexity index is 1080. The molecule has 2 aromatic rings. The quantitative estimate of drug-likeness (QED) is 0.671. The molecule has 2 aromatic carbocycles. The third kappa shape index (κ3) is 4.52. The van der Waals surface area contributed by atoms with Crippen LogP contribution in [0.15, 0.2) is 47.4 Å². The van der Waals surface area contributed by atoms with Gasteiger partial charge in [-0.15, -0.1) is 0 Å². The fourth-order valence-corrected chi connectivity index (χ4v) is 5.66. The summed E-state index contributed by atoms with van der Waals surface area (Å²) in [5.74, 6) is 0.849. The minimum absolute atomic E-state index is 0.0842. The second-order valence-corrected chi connectivity index (χ2v) is 9.40. The molecule has 0 spiro atoms. The van der Waals surface area contributed by atoms with Crippen LogP contribution in [0, 0.1) is 0 Å². The van der Waals surface area contributed by atoms with E-state index in [4.69, 9.17) is 4.74 Å². The summed E-state index contributed by atoms with van der Waals surface area (Å²) in [5, 5.41) is 0. The Labute approximate surface area is 180 Å². The highest BCUT2D eigenvalue weighted by molar-refractivity contribution is 7.93. The Morgan fingerprint density at radius 2 is 1.74 bits per heavy atom. The number of benzene rings is 2. The number of sulfonamides is 1. The number of para-hydroxylation sites is 2. The number of hydrogen-bond acceptors (Lipinski definition) is 5. The van der Waals surface area contributed by atoms with Crippen LogP contribution in [-0.4, -0.2) is 52.6 Å². The number of aryl methyl sites for hydroxylation is 1. The summed E-state index contributed by atoms with van der Waals surface area (Å²) in [5.41, 5.74) is 2.48. The molecule has 0 saturated carbocycles. The van der Waals surface area contributed by atoms with Crippen LogP contribution in [0.4, 0.5) is 14.5 Å². The predicted octanol–water partition coefficient (Wildman–Crippen LogP) is 3.74. The number of alkyl halides is 2. The fourth-order valence-electron chi connectivity index (χ4n) is 4.05. The summed E-state index contributed by atoms with van der Waals surface area (Å²) in [6, 6.07) is 12.3. The number of allylic oxidation sites excluding steroid dienone is 1. The second kappa shape index (κ2) is 8.84. The molecule has 166 valence electrons. The molecule has 0 unspecified atom stereocenters. The number of anilines is 1. The lowest BCUT2D eigenvalue weighted by molar-refractivity contribution is -0.0498. The van der Waals surface area contributed by atoms with Crippen molar-refractivity contribution in [2.24, 2.45) is 0 Å². The number of fused-ring (bicyclic) bond motifs is 1. The molecule has 1 fully saturated rings. The minimum atomic E-state index is -3.59. The molecule has 6 nitrogen and oxygen atoms in total. The summed E-state index contributed by atoms with van der Waals surface area (Å²) < 4.78 is 62.7. The van der Waals surface area contributed by atoms with Gasteiger partial charge >= 0.3 is 6.61 Å². The van der Waals surface area contributed by atoms with Gasteiger partial charge in [-0.2, -0.15) is 13.1 Å². The lowest BCUT2D eigenvalue weighted by Crippen LogP contribution is -2.49. The van der Waals surface area contributed by atoms with Crippen LogP contribution < -0.4 is 14.4 Å². The summed E-state index contributed by atoms with van der Waals surface area (Å²) in [4.78, 5) is 2.48. The zero-order valence-corrected chi connectivity index (χ0v) is 17.9. The number of rotatable bonds is 6. The van der Waals surface area contributed by atoms with Gasteiger partial charge in [0.05, 0.1) is 17.7 Å². The Morgan fingerprint density at radius 3 is 2.45 bits per heavy atom. The first kappa shape index (κ1) is 21.6. The third-order valence-corrected chi connectivity index (χ3v) is 7.66. The first-order valence-corrected chi connectivity index (χ1v) is 11.5. The molecule has 0 bridgehead atoms. The standard InChI is InChI=1S/C22H24F2N2O4S/c1-29-21-5-3-2-4-20(21)25-10-12-26(13-11-25)31(27,28)19-9-7-16-14-18(30-22(23)24)8-6-17(16)15-19/h2-6,8,14-15,22H,7,9-13H2,1H3. The van der Waals surface area contributed by atoms with Crippen molar-refractivity contribution in [2.75, 3.05) is 38.2 Å². The first-order chi connectivity index (χ1) is 14.9. The first-order valence-electron chi connectivity index (χ1n) is 10.0. The van der Waals surface area contributed by atoms with E-state index < -0.39 is 16.6 Å². The van der Waals surface area contributed by atoms with Crippen LogP contribution in [0.2, 0.25) is 0 Å². The predicted molar refractivity (Wildman–Crippen MR) is 115 cm³/mol. The van der Waals surface area contributed by atoms with Crippen molar-refractivity contribution in [3.05, 3.63) is 58.5 Å². The van der Waals surface area contributed by atoms with E-state index in [0.29, 0.717) is 43.9 Å². The fraction of sp³-hybridized carbons (Fsp3) is 0.364. The number of halogens is 2. The van der Waals surface area contributed by atoms with Crippen molar-refractivity contribution < 1.29 is 26.7 Å². The van der Waals surface area contributed by atoms with Gasteiger partial charge in [0.25, 0.3) is 0 Å². The molecule has 1 aliphatic heterocycles. The van der Waals surface area contributed by atoms with E-state index in [9.17, 15) is 17.2 Å². The van der Waals surface area contributed by atoms with Gasteiger partial charge in [0.1, 0.15) is 11.5 Å². The van der Waals surface area contributed by atoms with Crippen molar-refractivity contribution in [2.45, 2.75) is 19.5 Å². The smallest absolute Gasteiger partial charge is 0.387 e. The zero-order valence-electron chi connectivity index (χ0n) is 17.1. The van der Waals surface area contributed by atoms with E-state index in [-0.39, 0.29) is 5.75 Å². The molecule has 1 saturated heterocycles. The average molecular weight is 451 g/mol. The highest BCUT2D eigenvalue weighted by Gasteiger charge is 2.32. The number of nitrogens with zero attached hydrogens (tertiary/aromatic N) is 2. The molecular weight excluding hydrogens is 426 g/mol. The van der Waals surface area contributed by atoms with Crippen LogP contribution in [0.3, 0.4) is 0 Å². The molecule has 9 heteroatoms. The summed E-state index contributed by atoms with van der Waals surface area (Å²) in [6.45, 7) is -0.991. The van der Waals surface area contributed by atoms with Gasteiger partial charge in [-0.3, -0.25) is 0 Å². The molecule has 2 aliphatic rings. The molecule has 31 heavy (non-hydrogen) atoms. The maximum Gasteiger partial charge on any atom is 0.387 e.